The molecule has 0 saturated carbocycles. The highest BCUT2D eigenvalue weighted by molar-refractivity contribution is 6.73. The van der Waals surface area contributed by atoms with Crippen LogP contribution in [0.3, 0.4) is 0 Å². The molecule has 23 heteroatoms. The number of carbonyl (C=O) groups is 4. The first kappa shape index (κ1) is 68.3. The molecule has 470 valence electrons. The molecule has 0 spiro atoms. The Bertz CT molecular complexity index is 2470. The van der Waals surface area contributed by atoms with Crippen molar-refractivity contribution in [1.29, 1.82) is 0 Å². The molecule has 6 heterocycles. The summed E-state index contributed by atoms with van der Waals surface area (Å²) in [6, 6.07) is 7.67. The van der Waals surface area contributed by atoms with Crippen molar-refractivity contribution in [2.45, 2.75) is 206 Å². The number of oxime groups is 1. The molecule has 3 saturated heterocycles. The largest absolute Gasteiger partial charge is 0.462 e. The number of pyridine rings is 1. The minimum atomic E-state index is -2.10. The van der Waals surface area contributed by atoms with Crippen LogP contribution in [0.1, 0.15) is 107 Å². The van der Waals surface area contributed by atoms with E-state index in [1.807, 2.05) is 63.8 Å². The zero-order valence-electron chi connectivity index (χ0n) is 52.2. The van der Waals surface area contributed by atoms with Crippen molar-refractivity contribution in [1.82, 2.24) is 19.7 Å². The average molecular weight is 1200 g/mol. The van der Waals surface area contributed by atoms with Crippen molar-refractivity contribution < 1.29 is 80.5 Å². The molecule has 2 aromatic heterocycles. The summed E-state index contributed by atoms with van der Waals surface area (Å²) in [5.41, 5.74) is 1.92. The molecule has 6 rings (SSSR count). The molecule has 22 nitrogen and oxygen atoms in total. The van der Waals surface area contributed by atoms with Crippen LogP contribution >= 0.6 is 0 Å². The summed E-state index contributed by atoms with van der Waals surface area (Å²) in [6.45, 7) is 20.8. The number of carbonyl (C=O) groups excluding carboxylic acids is 4. The summed E-state index contributed by atoms with van der Waals surface area (Å²) in [6.07, 6.45) is 2.15. The molecule has 0 aliphatic carbocycles. The van der Waals surface area contributed by atoms with E-state index in [2.05, 4.69) is 36.0 Å². The molecule has 17 atom stereocenters. The molecular weight excluding hydrogens is 1100 g/mol. The number of ether oxygens (including phenoxy) is 11. The lowest BCUT2D eigenvalue weighted by Crippen LogP contribution is -2.65. The number of cyclic esters (lactones) is 1. The highest BCUT2D eigenvalue weighted by Crippen LogP contribution is 2.38. The topological polar surface area (TPSA) is 235 Å². The van der Waals surface area contributed by atoms with Gasteiger partial charge in [0.05, 0.1) is 62.8 Å². The van der Waals surface area contributed by atoms with Crippen molar-refractivity contribution >= 4 is 37.7 Å². The van der Waals surface area contributed by atoms with E-state index in [1.165, 1.54) is 13.8 Å². The first-order valence-electron chi connectivity index (χ1n) is 29.9. The SMILES string of the molecule is CC[C@H]1OC(=O)C[C@H]2OC/C(=N/OCc3ccc(-n4cccn4)nc3)COCC[C@@H](C[C@@H](C)C(=O)/C=C/C(C)=C/[C@@H]1COC1O[C@H](C)[C@@H](O[Si](CC)(CC)CC)[C@@H](OC)[C@H]1OC)[C@H](OC1O[C@H](C)[C@@H](OC(C)=O)[C@H](N(C)C)[C@H]1OC(C)=O)[C@H]2C. The fourth-order valence-corrected chi connectivity index (χ4v) is 14.8. The number of likely N-dealkylation sites (N-methyl/N-ethyl adjacent to an activating group) is 1. The molecule has 4 aliphatic heterocycles. The Hall–Kier alpha value is -4.79. The van der Waals surface area contributed by atoms with Gasteiger partial charge in [0.1, 0.15) is 36.7 Å². The smallest absolute Gasteiger partial charge is 0.308 e. The molecule has 2 aromatic rings. The summed E-state index contributed by atoms with van der Waals surface area (Å²) < 4.78 is 79.5. The zero-order chi connectivity index (χ0) is 61.3. The van der Waals surface area contributed by atoms with Crippen LogP contribution in [-0.4, -0.2) is 192 Å². The summed E-state index contributed by atoms with van der Waals surface area (Å²) in [5.74, 6) is -3.31. The third-order valence-electron chi connectivity index (χ3n) is 16.9. The molecular formula is C61H95N5O17Si. The van der Waals surface area contributed by atoms with Gasteiger partial charge in [-0.2, -0.15) is 5.10 Å². The number of nitrogens with zero attached hydrogens (tertiary/aromatic N) is 5. The number of esters is 3. The lowest BCUT2D eigenvalue weighted by molar-refractivity contribution is -0.308. The lowest BCUT2D eigenvalue weighted by atomic mass is 9.79. The van der Waals surface area contributed by atoms with Gasteiger partial charge in [-0.25, -0.2) is 9.67 Å². The summed E-state index contributed by atoms with van der Waals surface area (Å²) >= 11 is 0. The molecule has 2 unspecified atom stereocenters. The van der Waals surface area contributed by atoms with Gasteiger partial charge in [0, 0.05) is 76.6 Å². The lowest BCUT2D eigenvalue weighted by Gasteiger charge is -2.48. The highest BCUT2D eigenvalue weighted by Gasteiger charge is 2.53. The predicted molar refractivity (Wildman–Crippen MR) is 313 cm³/mol. The van der Waals surface area contributed by atoms with Crippen molar-refractivity contribution in [3.8, 4) is 5.82 Å². The summed E-state index contributed by atoms with van der Waals surface area (Å²) in [4.78, 5) is 67.0. The first-order valence-corrected chi connectivity index (χ1v) is 32.5. The Kier molecular flexibility index (Phi) is 26.7. The van der Waals surface area contributed by atoms with E-state index in [4.69, 9.17) is 61.4 Å². The van der Waals surface area contributed by atoms with Gasteiger partial charge in [-0.1, -0.05) is 70.5 Å². The Labute approximate surface area is 497 Å². The van der Waals surface area contributed by atoms with E-state index in [1.54, 1.807) is 70.7 Å². The van der Waals surface area contributed by atoms with Gasteiger partial charge in [0.15, 0.2) is 38.6 Å². The molecule has 4 aliphatic rings. The van der Waals surface area contributed by atoms with Crippen LogP contribution in [0, 0.1) is 23.7 Å². The van der Waals surface area contributed by atoms with Crippen molar-refractivity contribution in [3.05, 3.63) is 66.2 Å². The van der Waals surface area contributed by atoms with E-state index in [-0.39, 0.29) is 51.3 Å². The van der Waals surface area contributed by atoms with E-state index >= 15 is 0 Å². The fraction of sp³-hybridized carbons (Fsp3) is 0.721. The average Bonchev–Trinajstić information content (AvgIpc) is 2.33. The molecule has 3 fully saturated rings. The number of methoxy groups -OCH3 is 2. The monoisotopic (exact) mass is 1200 g/mol. The van der Waals surface area contributed by atoms with Gasteiger partial charge in [0.25, 0.3) is 0 Å². The Balaban J connectivity index is 1.36. The number of ketones is 1. The van der Waals surface area contributed by atoms with Crippen LogP contribution in [0.5, 0.6) is 0 Å². The summed E-state index contributed by atoms with van der Waals surface area (Å²) in [7, 11) is 4.74. The van der Waals surface area contributed by atoms with Crippen LogP contribution in [0.2, 0.25) is 18.1 Å². The standard InChI is InChI=1S/C61H95N5O17Si/c1-16-49-46(34-75-60-59(72-15)58(71-14)56(41(9)77-60)83-84(17-2,18-3)19-4)29-37(5)21-23-48(69)38(6)30-45-25-28-73-35-47(64-76-33-44-22-24-51(62-32-44)66-27-20-26-63-66)36-74-50(31-52(70)81-49)39(7)54(45)82-61-57(80-43(11)68)53(65(12)13)55(40(8)78-61)79-42(10)67/h20-24,26-27,29,32,38-41,45-46,49-50,53-61H,16-19,25,28,30-31,33-36H2,1-15H3/b23-21+,37-29+,64-47+/t38-,39+,40-,41-,45+,46-,49-,50-,53+,54-,55-,56-,57-,58-,59-,60?,61?/m1/s1. The quantitative estimate of drug-likeness (QED) is 0.0533. The van der Waals surface area contributed by atoms with Crippen LogP contribution in [0.25, 0.3) is 5.82 Å². The van der Waals surface area contributed by atoms with Crippen LogP contribution in [0.15, 0.2) is 65.7 Å². The Morgan fingerprint density at radius 3 is 2.17 bits per heavy atom. The van der Waals surface area contributed by atoms with E-state index in [0.29, 0.717) is 30.8 Å². The Morgan fingerprint density at radius 2 is 1.55 bits per heavy atom. The molecule has 0 N–H and O–H groups in total. The van der Waals surface area contributed by atoms with Gasteiger partial charge in [-0.3, -0.25) is 24.1 Å². The number of hydrogen-bond acceptors (Lipinski definition) is 21. The van der Waals surface area contributed by atoms with Crippen molar-refractivity contribution in [2.24, 2.45) is 28.8 Å². The maximum atomic E-state index is 14.9. The van der Waals surface area contributed by atoms with E-state index in [9.17, 15) is 19.2 Å². The number of fused-ring (bicyclic) bond motifs is 3. The van der Waals surface area contributed by atoms with Crippen LogP contribution in [-0.2, 0) is 87.2 Å². The normalized spacial score (nSPS) is 34.0. The third-order valence-corrected chi connectivity index (χ3v) is 21.5. The van der Waals surface area contributed by atoms with Crippen molar-refractivity contribution in [2.75, 3.05) is 54.7 Å². The molecule has 0 radical (unpaired) electrons. The zero-order valence-corrected chi connectivity index (χ0v) is 53.2. The first-order chi connectivity index (χ1) is 40.2. The minimum absolute atomic E-state index is 0.0206. The second kappa shape index (κ2) is 32.8. The fourth-order valence-electron chi connectivity index (χ4n) is 11.9. The van der Waals surface area contributed by atoms with Gasteiger partial charge < -0.3 is 61.4 Å². The predicted octanol–water partition coefficient (Wildman–Crippen LogP) is 7.74. The second-order valence-corrected chi connectivity index (χ2v) is 27.7. The Morgan fingerprint density at radius 1 is 0.857 bits per heavy atom. The maximum Gasteiger partial charge on any atom is 0.308 e. The van der Waals surface area contributed by atoms with E-state index < -0.39 is 123 Å². The van der Waals surface area contributed by atoms with Gasteiger partial charge in [0.2, 0.25) is 0 Å². The maximum absolute atomic E-state index is 14.9. The second-order valence-electron chi connectivity index (χ2n) is 23.0. The van der Waals surface area contributed by atoms with Gasteiger partial charge >= 0.3 is 17.9 Å². The number of aromatic nitrogens is 3. The van der Waals surface area contributed by atoms with Crippen molar-refractivity contribution in [3.63, 3.8) is 0 Å². The number of rotatable bonds is 20. The molecule has 2 bridgehead atoms. The van der Waals surface area contributed by atoms with Crippen LogP contribution in [0.4, 0.5) is 0 Å². The van der Waals surface area contributed by atoms with Crippen LogP contribution < -0.4 is 0 Å². The summed E-state index contributed by atoms with van der Waals surface area (Å²) in [5, 5.41) is 8.74. The molecule has 0 amide bonds. The molecule has 0 aromatic carbocycles. The van der Waals surface area contributed by atoms with Gasteiger partial charge in [-0.05, 0) is 96.4 Å². The molecule has 84 heavy (non-hydrogen) atoms. The minimum Gasteiger partial charge on any atom is -0.462 e. The number of allylic oxidation sites excluding steroid dienone is 3. The highest BCUT2D eigenvalue weighted by atomic mass is 28.4. The van der Waals surface area contributed by atoms with Gasteiger partial charge in [-0.15, -0.1) is 0 Å². The van der Waals surface area contributed by atoms with E-state index in [0.717, 1.165) is 29.3 Å². The third kappa shape index (κ3) is 18.4. The number of hydrogen-bond donors (Lipinski definition) is 0.